The number of piperidine rings is 1. The number of nitrogens with one attached hydrogen (secondary N) is 1. The molecule has 144 valence electrons. The van der Waals surface area contributed by atoms with Gasteiger partial charge in [0.25, 0.3) is 5.91 Å². The molecule has 2 heterocycles. The molecule has 1 aliphatic rings. The van der Waals surface area contributed by atoms with Crippen LogP contribution in [0.5, 0.6) is 0 Å². The molecule has 0 bridgehead atoms. The van der Waals surface area contributed by atoms with Gasteiger partial charge < -0.3 is 14.6 Å². The number of carbonyl (C=O) groups excluding carboxylic acids is 1. The first-order chi connectivity index (χ1) is 11.3. The van der Waals surface area contributed by atoms with Crippen molar-refractivity contribution in [1.29, 1.82) is 0 Å². The van der Waals surface area contributed by atoms with E-state index >= 15 is 0 Å². The summed E-state index contributed by atoms with van der Waals surface area (Å²) >= 11 is 0. The Kier molecular flexibility index (Phi) is 7.92. The van der Waals surface area contributed by atoms with E-state index in [0.29, 0.717) is 19.0 Å². The number of halogens is 1. The Bertz CT molecular complexity index is 680. The quantitative estimate of drug-likeness (QED) is 0.795. The lowest BCUT2D eigenvalue weighted by atomic mass is 9.96. The minimum absolute atomic E-state index is 0. The molecule has 1 fully saturated rings. The predicted octanol–water partition coefficient (Wildman–Crippen LogP) is 1.72. The summed E-state index contributed by atoms with van der Waals surface area (Å²) in [6.07, 6.45) is 1.89. The third-order valence-corrected chi connectivity index (χ3v) is 6.35. The van der Waals surface area contributed by atoms with Crippen molar-refractivity contribution in [2.75, 3.05) is 40.3 Å². The maximum absolute atomic E-state index is 12.6. The van der Waals surface area contributed by atoms with E-state index in [0.717, 1.165) is 30.2 Å². The molecule has 1 aromatic rings. The summed E-state index contributed by atoms with van der Waals surface area (Å²) in [5.41, 5.74) is 0. The van der Waals surface area contributed by atoms with Gasteiger partial charge in [-0.3, -0.25) is 4.79 Å². The number of nitrogens with zero attached hydrogens (tertiary/aromatic N) is 2. The molecule has 1 N–H and O–H groups in total. The molecule has 1 saturated heterocycles. The molecule has 0 unspecified atom stereocenters. The van der Waals surface area contributed by atoms with Gasteiger partial charge in [0.15, 0.2) is 5.76 Å². The van der Waals surface area contributed by atoms with Crippen molar-refractivity contribution in [2.24, 2.45) is 5.92 Å². The molecule has 0 spiro atoms. The molecular formula is C16H28ClN3O4S. The Balaban J connectivity index is 0.00000312. The maximum atomic E-state index is 12.6. The number of aryl methyl sites for hydroxylation is 1. The molecule has 2 rings (SSSR count). The predicted molar refractivity (Wildman–Crippen MR) is 98.7 cm³/mol. The molecule has 1 amide bonds. The second-order valence-electron chi connectivity index (χ2n) is 6.36. The average Bonchev–Trinajstić information content (AvgIpc) is 2.95. The first kappa shape index (κ1) is 22.0. The number of carbonyl (C=O) groups is 1. The van der Waals surface area contributed by atoms with Gasteiger partial charge in [0, 0.05) is 33.3 Å². The summed E-state index contributed by atoms with van der Waals surface area (Å²) in [5, 5.41) is 3.34. The van der Waals surface area contributed by atoms with Gasteiger partial charge in [-0.15, -0.1) is 12.4 Å². The average molecular weight is 394 g/mol. The molecule has 0 aromatic carbocycles. The van der Waals surface area contributed by atoms with Crippen molar-refractivity contribution >= 4 is 28.3 Å². The van der Waals surface area contributed by atoms with Crippen LogP contribution in [0.2, 0.25) is 0 Å². The van der Waals surface area contributed by atoms with Crippen molar-refractivity contribution < 1.29 is 17.6 Å². The highest BCUT2D eigenvalue weighted by Crippen LogP contribution is 2.25. The third-order valence-electron chi connectivity index (χ3n) is 4.43. The highest BCUT2D eigenvalue weighted by Gasteiger charge is 2.29. The Morgan fingerprint density at radius 1 is 1.36 bits per heavy atom. The first-order valence-electron chi connectivity index (χ1n) is 8.30. The van der Waals surface area contributed by atoms with Crippen molar-refractivity contribution in [1.82, 2.24) is 14.5 Å². The molecule has 7 nitrogen and oxygen atoms in total. The van der Waals surface area contributed by atoms with Crippen LogP contribution in [0.4, 0.5) is 0 Å². The summed E-state index contributed by atoms with van der Waals surface area (Å²) in [7, 11) is -0.696. The molecule has 0 atom stereocenters. The molecule has 25 heavy (non-hydrogen) atoms. The van der Waals surface area contributed by atoms with Gasteiger partial charge >= 0.3 is 0 Å². The zero-order chi connectivity index (χ0) is 17.9. The van der Waals surface area contributed by atoms with E-state index in [-0.39, 0.29) is 34.7 Å². The summed E-state index contributed by atoms with van der Waals surface area (Å²) in [5.74, 6) is 0.685. The van der Waals surface area contributed by atoms with Gasteiger partial charge in [-0.1, -0.05) is 6.92 Å². The SMILES string of the molecule is CCNCC1CCN(C(=O)c2cc(S(=O)(=O)N(C)C)c(C)o2)CC1.Cl. The highest BCUT2D eigenvalue weighted by atomic mass is 35.5. The largest absolute Gasteiger partial charge is 0.455 e. The van der Waals surface area contributed by atoms with E-state index in [2.05, 4.69) is 12.2 Å². The zero-order valence-corrected chi connectivity index (χ0v) is 16.9. The van der Waals surface area contributed by atoms with Crippen molar-refractivity contribution in [3.63, 3.8) is 0 Å². The lowest BCUT2D eigenvalue weighted by molar-refractivity contribution is 0.0657. The molecule has 0 aliphatic carbocycles. The number of hydrogen-bond acceptors (Lipinski definition) is 5. The topological polar surface area (TPSA) is 82.9 Å². The minimum atomic E-state index is -3.61. The lowest BCUT2D eigenvalue weighted by Crippen LogP contribution is -2.40. The van der Waals surface area contributed by atoms with Gasteiger partial charge in [-0.05, 0) is 38.8 Å². The number of furan rings is 1. The number of rotatable bonds is 6. The number of amides is 1. The Morgan fingerprint density at radius 3 is 2.48 bits per heavy atom. The van der Waals surface area contributed by atoms with Crippen molar-refractivity contribution in [3.8, 4) is 0 Å². The van der Waals surface area contributed by atoms with E-state index in [1.807, 2.05) is 0 Å². The highest BCUT2D eigenvalue weighted by molar-refractivity contribution is 7.89. The Morgan fingerprint density at radius 2 is 1.96 bits per heavy atom. The molecule has 9 heteroatoms. The summed E-state index contributed by atoms with van der Waals surface area (Å²) in [6, 6.07) is 1.34. The minimum Gasteiger partial charge on any atom is -0.455 e. The van der Waals surface area contributed by atoms with E-state index in [1.54, 1.807) is 11.8 Å². The van der Waals surface area contributed by atoms with Gasteiger partial charge in [-0.25, -0.2) is 12.7 Å². The number of hydrogen-bond donors (Lipinski definition) is 1. The fraction of sp³-hybridized carbons (Fsp3) is 0.688. The first-order valence-corrected chi connectivity index (χ1v) is 9.74. The summed E-state index contributed by atoms with van der Waals surface area (Å²) in [4.78, 5) is 14.4. The molecule has 1 aliphatic heterocycles. The van der Waals surface area contributed by atoms with Crippen LogP contribution in [-0.2, 0) is 10.0 Å². The van der Waals surface area contributed by atoms with Crippen LogP contribution < -0.4 is 5.32 Å². The maximum Gasteiger partial charge on any atom is 0.289 e. The van der Waals surface area contributed by atoms with Crippen LogP contribution in [0.25, 0.3) is 0 Å². The second kappa shape index (κ2) is 9.02. The van der Waals surface area contributed by atoms with Gasteiger partial charge in [-0.2, -0.15) is 0 Å². The molecule has 0 radical (unpaired) electrons. The van der Waals surface area contributed by atoms with E-state index in [1.165, 1.54) is 20.2 Å². The Labute approximate surface area is 156 Å². The van der Waals surface area contributed by atoms with Crippen molar-refractivity contribution in [2.45, 2.75) is 31.6 Å². The van der Waals surface area contributed by atoms with E-state index in [4.69, 9.17) is 4.42 Å². The number of sulfonamides is 1. The standard InChI is InChI=1S/C16H27N3O4S.ClH/c1-5-17-11-13-6-8-19(9-7-13)16(20)14-10-15(12(2)23-14)24(21,22)18(3)4;/h10,13,17H,5-9,11H2,1-4H3;1H. The molecular weight excluding hydrogens is 366 g/mol. The molecule has 0 saturated carbocycles. The zero-order valence-electron chi connectivity index (χ0n) is 15.2. The third kappa shape index (κ3) is 4.97. The normalized spacial score (nSPS) is 16.1. The lowest BCUT2D eigenvalue weighted by Gasteiger charge is -2.31. The summed E-state index contributed by atoms with van der Waals surface area (Å²) < 4.78 is 31.0. The van der Waals surface area contributed by atoms with Crippen LogP contribution >= 0.6 is 12.4 Å². The monoisotopic (exact) mass is 393 g/mol. The van der Waals surface area contributed by atoms with E-state index < -0.39 is 10.0 Å². The van der Waals surface area contributed by atoms with Gasteiger partial charge in [0.1, 0.15) is 10.7 Å². The second-order valence-corrected chi connectivity index (χ2v) is 8.48. The van der Waals surface area contributed by atoms with Crippen LogP contribution in [0.1, 0.15) is 36.1 Å². The van der Waals surface area contributed by atoms with Crippen LogP contribution in [0.3, 0.4) is 0 Å². The fourth-order valence-electron chi connectivity index (χ4n) is 2.87. The van der Waals surface area contributed by atoms with Gasteiger partial charge in [0.2, 0.25) is 10.0 Å². The van der Waals surface area contributed by atoms with Crippen LogP contribution in [0.15, 0.2) is 15.4 Å². The van der Waals surface area contributed by atoms with E-state index in [9.17, 15) is 13.2 Å². The fourth-order valence-corrected chi connectivity index (χ4v) is 3.92. The van der Waals surface area contributed by atoms with Crippen molar-refractivity contribution in [3.05, 3.63) is 17.6 Å². The summed E-state index contributed by atoms with van der Waals surface area (Å²) in [6.45, 7) is 6.92. The van der Waals surface area contributed by atoms with Crippen LogP contribution in [-0.4, -0.2) is 63.8 Å². The van der Waals surface area contributed by atoms with Crippen LogP contribution in [0, 0.1) is 12.8 Å². The van der Waals surface area contributed by atoms with Gasteiger partial charge in [0.05, 0.1) is 0 Å². The Hall–Kier alpha value is -1.09. The smallest absolute Gasteiger partial charge is 0.289 e. The molecule has 1 aromatic heterocycles. The number of likely N-dealkylation sites (tertiary alicyclic amines) is 1.